The van der Waals surface area contributed by atoms with Crippen LogP contribution in [0.4, 0.5) is 0 Å². The number of aryl methyl sites for hydroxylation is 2. The van der Waals surface area contributed by atoms with Gasteiger partial charge in [0.05, 0.1) is 17.6 Å². The van der Waals surface area contributed by atoms with Gasteiger partial charge in [0.15, 0.2) is 0 Å². The van der Waals surface area contributed by atoms with E-state index in [1.807, 2.05) is 72.3 Å². The van der Waals surface area contributed by atoms with Crippen molar-refractivity contribution in [2.45, 2.75) is 45.5 Å². The Morgan fingerprint density at radius 3 is 2.56 bits per heavy atom. The lowest BCUT2D eigenvalue weighted by atomic mass is 10.1. The average molecular weight is 578 g/mol. The van der Waals surface area contributed by atoms with Gasteiger partial charge in [-0.15, -0.1) is 0 Å². The maximum absolute atomic E-state index is 12.0. The molecule has 0 N–H and O–H groups in total. The molecule has 0 spiro atoms. The first kappa shape index (κ1) is 28.8. The lowest BCUT2D eigenvalue weighted by Crippen LogP contribution is -2.21. The quantitative estimate of drug-likeness (QED) is 0.192. The van der Waals surface area contributed by atoms with E-state index in [0.717, 1.165) is 53.2 Å². The number of hydrogen-bond acceptors (Lipinski definition) is 7. The molecule has 1 saturated heterocycles. The van der Waals surface area contributed by atoms with Crippen LogP contribution in [0.1, 0.15) is 36.7 Å². The molecule has 1 aliphatic rings. The second-order valence-electron chi connectivity index (χ2n) is 10.3. The maximum Gasteiger partial charge on any atom is 0.306 e. The molecule has 8 nitrogen and oxygen atoms in total. The van der Waals surface area contributed by atoms with Crippen molar-refractivity contribution in [3.63, 3.8) is 0 Å². The monoisotopic (exact) mass is 577 g/mol. The Morgan fingerprint density at radius 2 is 1.80 bits per heavy atom. The number of halogens is 1. The zero-order valence-electron chi connectivity index (χ0n) is 23.8. The molecule has 41 heavy (non-hydrogen) atoms. The van der Waals surface area contributed by atoms with Crippen LogP contribution in [0.15, 0.2) is 60.7 Å². The van der Waals surface area contributed by atoms with Gasteiger partial charge in [0.2, 0.25) is 0 Å². The van der Waals surface area contributed by atoms with Crippen LogP contribution in [-0.2, 0) is 36.2 Å². The number of benzene rings is 3. The lowest BCUT2D eigenvalue weighted by molar-refractivity contribution is -0.143. The summed E-state index contributed by atoms with van der Waals surface area (Å²) in [6.45, 7) is 4.81. The van der Waals surface area contributed by atoms with Gasteiger partial charge in [-0.1, -0.05) is 29.8 Å². The number of esters is 1. The van der Waals surface area contributed by atoms with Gasteiger partial charge < -0.3 is 28.4 Å². The Kier molecular flexibility index (Phi) is 9.31. The van der Waals surface area contributed by atoms with Crippen molar-refractivity contribution in [1.29, 1.82) is 0 Å². The molecule has 2 heterocycles. The van der Waals surface area contributed by atoms with Crippen LogP contribution >= 0.6 is 11.6 Å². The van der Waals surface area contributed by atoms with E-state index in [2.05, 4.69) is 11.9 Å². The summed E-state index contributed by atoms with van der Waals surface area (Å²) in [6.07, 6.45) is 2.02. The zero-order chi connectivity index (χ0) is 28.8. The molecule has 216 valence electrons. The number of carbonyl (C=O) groups is 1. The first-order valence-corrected chi connectivity index (χ1v) is 14.3. The number of ether oxygens (including phenoxy) is 4. The molecule has 0 saturated carbocycles. The molecular formula is C32H36ClN3O5. The van der Waals surface area contributed by atoms with Crippen LogP contribution in [0.5, 0.6) is 17.2 Å². The number of rotatable bonds is 12. The summed E-state index contributed by atoms with van der Waals surface area (Å²) < 4.78 is 25.7. The summed E-state index contributed by atoms with van der Waals surface area (Å²) >= 11 is 6.02. The minimum absolute atomic E-state index is 0.213. The van der Waals surface area contributed by atoms with Gasteiger partial charge in [-0.3, -0.25) is 4.79 Å². The lowest BCUT2D eigenvalue weighted by Gasteiger charge is -2.14. The maximum atomic E-state index is 12.0. The van der Waals surface area contributed by atoms with Crippen LogP contribution in [0.25, 0.3) is 11.0 Å². The predicted molar refractivity (Wildman–Crippen MR) is 159 cm³/mol. The highest BCUT2D eigenvalue weighted by Crippen LogP contribution is 2.29. The summed E-state index contributed by atoms with van der Waals surface area (Å²) in [6, 6.07) is 19.2. The van der Waals surface area contributed by atoms with Gasteiger partial charge in [0.1, 0.15) is 42.4 Å². The molecule has 0 aliphatic carbocycles. The molecule has 1 aliphatic heterocycles. The fraction of sp³-hybridized carbons (Fsp3) is 0.375. The molecule has 0 bridgehead atoms. The van der Waals surface area contributed by atoms with Gasteiger partial charge in [0, 0.05) is 43.7 Å². The van der Waals surface area contributed by atoms with Crippen molar-refractivity contribution in [2.75, 3.05) is 26.7 Å². The first-order valence-electron chi connectivity index (χ1n) is 14.0. The van der Waals surface area contributed by atoms with Crippen molar-refractivity contribution in [3.8, 4) is 17.2 Å². The summed E-state index contributed by atoms with van der Waals surface area (Å²) in [5.74, 6) is 2.73. The summed E-state index contributed by atoms with van der Waals surface area (Å²) in [5, 5.41) is 0.673. The number of aromatic nitrogens is 2. The van der Waals surface area contributed by atoms with E-state index in [9.17, 15) is 4.79 Å². The second kappa shape index (κ2) is 13.3. The van der Waals surface area contributed by atoms with Crippen molar-refractivity contribution in [1.82, 2.24) is 14.5 Å². The summed E-state index contributed by atoms with van der Waals surface area (Å²) in [4.78, 5) is 19.0. The van der Waals surface area contributed by atoms with Gasteiger partial charge in [0.25, 0.3) is 0 Å². The minimum Gasteiger partial charge on any atom is -0.489 e. The average Bonchev–Trinajstić information content (AvgIpc) is 3.52. The van der Waals surface area contributed by atoms with Crippen LogP contribution in [0.2, 0.25) is 5.02 Å². The SMILES string of the molecule is CCOC(=O)CCc1ccc(OCc2nc3ccc(OC4CCN(C)C4)cc3n2C)cc1OCc1ccc(Cl)cc1. The van der Waals surface area contributed by atoms with E-state index < -0.39 is 0 Å². The molecule has 4 aromatic rings. The number of carbonyl (C=O) groups excluding carboxylic acids is 1. The van der Waals surface area contributed by atoms with Gasteiger partial charge in [-0.05, 0) is 68.3 Å². The van der Waals surface area contributed by atoms with Crippen molar-refractivity contribution in [3.05, 3.63) is 82.6 Å². The molecule has 0 radical (unpaired) electrons. The normalized spacial score (nSPS) is 15.3. The standard InChI is InChI=1S/C32H36ClN3O5/c1-4-38-32(37)14-8-23-7-11-25(18-30(23)40-20-22-5-9-24(33)10-6-22)39-21-31-34-28-13-12-26(17-29(28)36(31)3)41-27-15-16-35(2)19-27/h5-7,9-13,17-18,27H,4,8,14-16,19-21H2,1-3H3. The molecule has 1 unspecified atom stereocenters. The highest BCUT2D eigenvalue weighted by Gasteiger charge is 2.21. The minimum atomic E-state index is -0.234. The molecule has 3 aromatic carbocycles. The summed E-state index contributed by atoms with van der Waals surface area (Å²) in [5.41, 5.74) is 3.78. The van der Waals surface area contributed by atoms with Crippen LogP contribution in [0, 0.1) is 0 Å². The molecule has 9 heteroatoms. The van der Waals surface area contributed by atoms with Gasteiger partial charge in [-0.25, -0.2) is 4.98 Å². The van der Waals surface area contributed by atoms with E-state index in [-0.39, 0.29) is 25.1 Å². The fourth-order valence-corrected chi connectivity index (χ4v) is 5.06. The zero-order valence-corrected chi connectivity index (χ0v) is 24.5. The number of fused-ring (bicyclic) bond motifs is 1. The third-order valence-electron chi connectivity index (χ3n) is 7.21. The first-order chi connectivity index (χ1) is 19.9. The predicted octanol–water partition coefficient (Wildman–Crippen LogP) is 5.96. The Morgan fingerprint density at radius 1 is 1.00 bits per heavy atom. The molecule has 5 rings (SSSR count). The molecule has 1 fully saturated rings. The Labute approximate surface area is 245 Å². The fourth-order valence-electron chi connectivity index (χ4n) is 4.93. The van der Waals surface area contributed by atoms with E-state index in [1.54, 1.807) is 6.92 Å². The smallest absolute Gasteiger partial charge is 0.306 e. The number of imidazole rings is 1. The van der Waals surface area contributed by atoms with Crippen LogP contribution < -0.4 is 14.2 Å². The number of hydrogen-bond donors (Lipinski definition) is 0. The Bertz CT molecular complexity index is 1490. The largest absolute Gasteiger partial charge is 0.489 e. The Hall–Kier alpha value is -3.75. The van der Waals surface area contributed by atoms with Crippen LogP contribution in [0.3, 0.4) is 0 Å². The number of nitrogens with zero attached hydrogens (tertiary/aromatic N) is 3. The molecule has 1 atom stereocenters. The van der Waals surface area contributed by atoms with Crippen LogP contribution in [-0.4, -0.2) is 53.3 Å². The third-order valence-corrected chi connectivity index (χ3v) is 7.47. The second-order valence-corrected chi connectivity index (χ2v) is 10.7. The van der Waals surface area contributed by atoms with Crippen molar-refractivity contribution < 1.29 is 23.7 Å². The highest BCUT2D eigenvalue weighted by atomic mass is 35.5. The number of likely N-dealkylation sites (tertiary alicyclic amines) is 1. The topological polar surface area (TPSA) is 75.1 Å². The van der Waals surface area contributed by atoms with E-state index >= 15 is 0 Å². The van der Waals surface area contributed by atoms with E-state index in [0.29, 0.717) is 36.2 Å². The third kappa shape index (κ3) is 7.51. The van der Waals surface area contributed by atoms with Gasteiger partial charge >= 0.3 is 5.97 Å². The number of likely N-dealkylation sites (N-methyl/N-ethyl adjacent to an activating group) is 1. The van der Waals surface area contributed by atoms with Crippen molar-refractivity contribution >= 4 is 28.6 Å². The summed E-state index contributed by atoms with van der Waals surface area (Å²) in [7, 11) is 4.10. The van der Waals surface area contributed by atoms with Crippen molar-refractivity contribution in [2.24, 2.45) is 7.05 Å². The van der Waals surface area contributed by atoms with Gasteiger partial charge in [-0.2, -0.15) is 0 Å². The molecular weight excluding hydrogens is 542 g/mol. The Balaban J connectivity index is 1.28. The van der Waals surface area contributed by atoms with E-state index in [1.165, 1.54) is 0 Å². The molecule has 1 aromatic heterocycles. The molecule has 0 amide bonds. The highest BCUT2D eigenvalue weighted by molar-refractivity contribution is 6.30. The van der Waals surface area contributed by atoms with E-state index in [4.69, 9.17) is 35.5 Å².